The Morgan fingerprint density at radius 1 is 1.40 bits per heavy atom. The summed E-state index contributed by atoms with van der Waals surface area (Å²) in [7, 11) is 0. The fourth-order valence-corrected chi connectivity index (χ4v) is 3.17. The first-order valence-electron chi connectivity index (χ1n) is 7.59. The van der Waals surface area contributed by atoms with E-state index in [1.165, 1.54) is 36.5 Å². The highest BCUT2D eigenvalue weighted by atomic mass is 19.1. The number of fused-ring (bicyclic) bond motifs is 1. The van der Waals surface area contributed by atoms with E-state index in [-0.39, 0.29) is 11.7 Å². The number of alkyl halides is 1. The number of nitrogen functional groups attached to an aromatic ring is 1. The Bertz CT molecular complexity index is 910. The van der Waals surface area contributed by atoms with E-state index in [1.807, 2.05) is 0 Å². The lowest BCUT2D eigenvalue weighted by Gasteiger charge is -2.25. The van der Waals surface area contributed by atoms with Gasteiger partial charge in [0.05, 0.1) is 23.8 Å². The Balaban J connectivity index is 1.93. The summed E-state index contributed by atoms with van der Waals surface area (Å²) in [6.07, 6.45) is 1.88. The predicted octanol–water partition coefficient (Wildman–Crippen LogP) is 0.647. The van der Waals surface area contributed by atoms with E-state index >= 15 is 4.39 Å². The zero-order chi connectivity index (χ0) is 17.8. The normalized spacial score (nSPS) is 29.5. The molecule has 0 bridgehead atoms. The van der Waals surface area contributed by atoms with Crippen molar-refractivity contribution in [3.8, 4) is 11.5 Å². The van der Waals surface area contributed by atoms with Gasteiger partial charge >= 0.3 is 0 Å². The van der Waals surface area contributed by atoms with E-state index in [9.17, 15) is 10.2 Å². The molecule has 1 aliphatic rings. The monoisotopic (exact) mass is 349 g/mol. The fourth-order valence-electron chi connectivity index (χ4n) is 3.17. The van der Waals surface area contributed by atoms with Crippen LogP contribution in [-0.4, -0.2) is 54.2 Å². The number of hydrogen-bond acceptors (Lipinski definition) is 8. The van der Waals surface area contributed by atoms with Gasteiger partial charge in [0.15, 0.2) is 11.9 Å². The second-order valence-electron chi connectivity index (χ2n) is 6.05. The van der Waals surface area contributed by atoms with Crippen molar-refractivity contribution in [1.29, 1.82) is 0 Å². The van der Waals surface area contributed by atoms with E-state index in [4.69, 9.17) is 14.9 Å². The molecule has 4 rings (SSSR count). The second kappa shape index (κ2) is 5.48. The van der Waals surface area contributed by atoms with Crippen LogP contribution in [0.1, 0.15) is 13.2 Å². The molecule has 0 saturated carbocycles. The van der Waals surface area contributed by atoms with Crippen LogP contribution in [0, 0.1) is 0 Å². The van der Waals surface area contributed by atoms with Gasteiger partial charge < -0.3 is 29.7 Å². The zero-order valence-electron chi connectivity index (χ0n) is 13.2. The molecule has 0 spiro atoms. The van der Waals surface area contributed by atoms with E-state index in [1.54, 1.807) is 0 Å². The highest BCUT2D eigenvalue weighted by Gasteiger charge is 2.55. The molecule has 1 fully saturated rings. The van der Waals surface area contributed by atoms with Crippen LogP contribution in [-0.2, 0) is 4.74 Å². The third-order valence-corrected chi connectivity index (χ3v) is 4.45. The Hall–Kier alpha value is -2.56. The third-order valence-electron chi connectivity index (χ3n) is 4.45. The molecule has 0 radical (unpaired) electrons. The summed E-state index contributed by atoms with van der Waals surface area (Å²) in [5, 5.41) is 19.9. The van der Waals surface area contributed by atoms with E-state index in [2.05, 4.69) is 15.0 Å². The van der Waals surface area contributed by atoms with Crippen molar-refractivity contribution in [3.05, 3.63) is 25.0 Å². The first-order chi connectivity index (χ1) is 11.9. The van der Waals surface area contributed by atoms with Crippen LogP contribution >= 0.6 is 0 Å². The zero-order valence-corrected chi connectivity index (χ0v) is 13.2. The Morgan fingerprint density at radius 2 is 2.20 bits per heavy atom. The Morgan fingerprint density at radius 3 is 2.84 bits per heavy atom. The Kier molecular flexibility index (Phi) is 3.49. The molecule has 4 N–H and O–H groups in total. The number of ether oxygens (including phenoxy) is 1. The molecule has 3 aromatic heterocycles. The Labute approximate surface area is 140 Å². The summed E-state index contributed by atoms with van der Waals surface area (Å²) in [6.45, 7) is 0.694. The van der Waals surface area contributed by atoms with Crippen molar-refractivity contribution in [2.45, 2.75) is 31.0 Å². The molecule has 0 unspecified atom stereocenters. The van der Waals surface area contributed by atoms with Gasteiger partial charge in [-0.2, -0.15) is 0 Å². The summed E-state index contributed by atoms with van der Waals surface area (Å²) >= 11 is 0. The van der Waals surface area contributed by atoms with Crippen molar-refractivity contribution < 1.29 is 23.8 Å². The van der Waals surface area contributed by atoms with E-state index in [0.29, 0.717) is 16.6 Å². The van der Waals surface area contributed by atoms with Crippen molar-refractivity contribution in [3.63, 3.8) is 0 Å². The molecule has 1 aliphatic heterocycles. The number of rotatable bonds is 3. The molecule has 25 heavy (non-hydrogen) atoms. The van der Waals surface area contributed by atoms with Crippen LogP contribution in [0.5, 0.6) is 0 Å². The summed E-state index contributed by atoms with van der Waals surface area (Å²) in [4.78, 5) is 12.2. The van der Waals surface area contributed by atoms with Gasteiger partial charge in [-0.15, -0.1) is 0 Å². The van der Waals surface area contributed by atoms with Crippen LogP contribution < -0.4 is 5.73 Å². The number of halogens is 1. The first-order valence-corrected chi connectivity index (χ1v) is 7.59. The standard InChI is InChI=1S/C15H16FN5O4/c1-15(16)10(23)8(5-22)25-14(15)21-4-7(13-18-2-3-24-13)9-11(17)19-6-20-12(9)21/h2-4,6,8,10,14,22-23H,5H2,1H3,(H2,17,19,20)/t8-,10-,14-,15-/m1/s1. The molecular formula is C15H16FN5O4. The van der Waals surface area contributed by atoms with Crippen molar-refractivity contribution in [2.24, 2.45) is 0 Å². The van der Waals surface area contributed by atoms with Gasteiger partial charge in [-0.1, -0.05) is 0 Å². The number of hydrogen-bond donors (Lipinski definition) is 3. The van der Waals surface area contributed by atoms with Crippen LogP contribution in [0.2, 0.25) is 0 Å². The quantitative estimate of drug-likeness (QED) is 0.628. The SMILES string of the molecule is C[C@@]1(F)[C@H](O)[C@@H](CO)O[C@H]1n1cc(-c2ncco2)c2c(N)ncnc21. The largest absolute Gasteiger partial charge is 0.444 e. The average molecular weight is 349 g/mol. The van der Waals surface area contributed by atoms with Gasteiger partial charge in [-0.25, -0.2) is 19.3 Å². The number of nitrogens with zero attached hydrogens (tertiary/aromatic N) is 4. The van der Waals surface area contributed by atoms with Crippen LogP contribution in [0.4, 0.5) is 10.2 Å². The molecule has 0 aromatic carbocycles. The molecule has 0 aliphatic carbocycles. The fraction of sp³-hybridized carbons (Fsp3) is 0.400. The number of oxazole rings is 1. The average Bonchev–Trinajstić information content (AvgIpc) is 3.27. The van der Waals surface area contributed by atoms with E-state index < -0.39 is 30.7 Å². The molecule has 10 heteroatoms. The lowest BCUT2D eigenvalue weighted by Crippen LogP contribution is -2.40. The molecule has 0 amide bonds. The van der Waals surface area contributed by atoms with Crippen LogP contribution in [0.25, 0.3) is 22.5 Å². The highest BCUT2D eigenvalue weighted by Crippen LogP contribution is 2.44. The third kappa shape index (κ3) is 2.22. The molecule has 4 atom stereocenters. The maximum absolute atomic E-state index is 15.2. The van der Waals surface area contributed by atoms with Crippen molar-refractivity contribution in [2.75, 3.05) is 12.3 Å². The lowest BCUT2D eigenvalue weighted by atomic mass is 9.98. The molecule has 1 saturated heterocycles. The minimum absolute atomic E-state index is 0.176. The van der Waals surface area contributed by atoms with Crippen molar-refractivity contribution >= 4 is 16.9 Å². The number of anilines is 1. The smallest absolute Gasteiger partial charge is 0.228 e. The second-order valence-corrected chi connectivity index (χ2v) is 6.05. The molecule has 9 nitrogen and oxygen atoms in total. The highest BCUT2D eigenvalue weighted by molar-refractivity contribution is 5.98. The van der Waals surface area contributed by atoms with Gasteiger partial charge in [-0.05, 0) is 6.92 Å². The van der Waals surface area contributed by atoms with Crippen molar-refractivity contribution in [1.82, 2.24) is 19.5 Å². The van der Waals surface area contributed by atoms with Gasteiger partial charge in [0.2, 0.25) is 5.89 Å². The maximum Gasteiger partial charge on any atom is 0.228 e. The number of aliphatic hydroxyl groups excluding tert-OH is 2. The van der Waals surface area contributed by atoms with E-state index in [0.717, 1.165) is 0 Å². The lowest BCUT2D eigenvalue weighted by molar-refractivity contribution is -0.0563. The summed E-state index contributed by atoms with van der Waals surface area (Å²) in [6, 6.07) is 0. The van der Waals surface area contributed by atoms with Gasteiger partial charge in [-0.3, -0.25) is 0 Å². The summed E-state index contributed by atoms with van der Waals surface area (Å²) in [5.41, 5.74) is 4.58. The molecule has 3 aromatic rings. The van der Waals surface area contributed by atoms with Gasteiger partial charge in [0.25, 0.3) is 0 Å². The predicted molar refractivity (Wildman–Crippen MR) is 84.0 cm³/mol. The summed E-state index contributed by atoms with van der Waals surface area (Å²) < 4.78 is 27.4. The minimum atomic E-state index is -2.16. The van der Waals surface area contributed by atoms with Gasteiger partial charge in [0.1, 0.15) is 36.3 Å². The molecular weight excluding hydrogens is 333 g/mol. The van der Waals surface area contributed by atoms with Gasteiger partial charge in [0, 0.05) is 6.20 Å². The number of aliphatic hydroxyl groups is 2. The number of aromatic nitrogens is 4. The maximum atomic E-state index is 15.2. The number of nitrogens with two attached hydrogens (primary N) is 1. The minimum Gasteiger partial charge on any atom is -0.444 e. The topological polar surface area (TPSA) is 132 Å². The molecule has 132 valence electrons. The van der Waals surface area contributed by atoms with Crippen LogP contribution in [0.3, 0.4) is 0 Å². The molecule has 4 heterocycles. The first kappa shape index (κ1) is 15.9. The van der Waals surface area contributed by atoms with Crippen LogP contribution in [0.15, 0.2) is 29.4 Å². The summed E-state index contributed by atoms with van der Waals surface area (Å²) in [5.74, 6) is 0.442.